The molecule has 0 aliphatic carbocycles. The first-order chi connectivity index (χ1) is 11.6. The largest absolute Gasteiger partial charge is 0.491 e. The topological polar surface area (TPSA) is 55.4 Å². The number of aryl methyl sites for hydroxylation is 1. The number of benzene rings is 2. The highest BCUT2D eigenvalue weighted by Crippen LogP contribution is 2.25. The van der Waals surface area contributed by atoms with Crippen molar-refractivity contribution < 1.29 is 13.2 Å². The van der Waals surface area contributed by atoms with E-state index in [4.69, 9.17) is 16.3 Å². The number of ether oxygens (including phenoxy) is 1. The van der Waals surface area contributed by atoms with Crippen LogP contribution in [-0.4, -0.2) is 21.6 Å². The molecule has 0 aliphatic heterocycles. The van der Waals surface area contributed by atoms with E-state index in [0.29, 0.717) is 10.8 Å². The Morgan fingerprint density at radius 2 is 1.72 bits per heavy atom. The third-order valence-corrected chi connectivity index (χ3v) is 5.56. The number of rotatable bonds is 6. The number of sulfonamides is 1. The molecule has 0 aliphatic rings. The Balaban J connectivity index is 1.94. The molecule has 6 heteroatoms. The van der Waals surface area contributed by atoms with Crippen molar-refractivity contribution in [3.63, 3.8) is 0 Å². The molecule has 4 nitrogen and oxygen atoms in total. The van der Waals surface area contributed by atoms with Gasteiger partial charge in [-0.2, -0.15) is 0 Å². The van der Waals surface area contributed by atoms with Crippen molar-refractivity contribution in [1.82, 2.24) is 4.72 Å². The lowest BCUT2D eigenvalue weighted by Gasteiger charge is -2.19. The summed E-state index contributed by atoms with van der Waals surface area (Å²) in [6.07, 6.45) is 0. The average molecular weight is 382 g/mol. The quantitative estimate of drug-likeness (QED) is 0.759. The van der Waals surface area contributed by atoms with E-state index in [0.717, 1.165) is 11.1 Å². The second-order valence-electron chi connectivity index (χ2n) is 6.95. The molecule has 0 fully saturated rings. The Kier molecular flexibility index (Phi) is 6.14. The average Bonchev–Trinajstić information content (AvgIpc) is 2.54. The maximum atomic E-state index is 12.3. The van der Waals surface area contributed by atoms with Gasteiger partial charge in [0.1, 0.15) is 12.4 Å². The summed E-state index contributed by atoms with van der Waals surface area (Å²) < 4.78 is 32.8. The van der Waals surface area contributed by atoms with Crippen LogP contribution in [0.3, 0.4) is 0 Å². The summed E-state index contributed by atoms with van der Waals surface area (Å²) in [6, 6.07) is 12.4. The van der Waals surface area contributed by atoms with Crippen molar-refractivity contribution in [2.75, 3.05) is 13.2 Å². The van der Waals surface area contributed by atoms with Crippen molar-refractivity contribution in [3.05, 3.63) is 58.6 Å². The van der Waals surface area contributed by atoms with Crippen LogP contribution in [-0.2, 0) is 15.4 Å². The van der Waals surface area contributed by atoms with E-state index in [1.807, 2.05) is 31.2 Å². The van der Waals surface area contributed by atoms with Gasteiger partial charge in [-0.15, -0.1) is 0 Å². The van der Waals surface area contributed by atoms with Gasteiger partial charge in [0.2, 0.25) is 10.0 Å². The molecular weight excluding hydrogens is 358 g/mol. The van der Waals surface area contributed by atoms with Gasteiger partial charge in [-0.25, -0.2) is 13.1 Å². The number of hydrogen-bond acceptors (Lipinski definition) is 3. The first kappa shape index (κ1) is 19.8. The van der Waals surface area contributed by atoms with Crippen LogP contribution in [0.4, 0.5) is 0 Å². The van der Waals surface area contributed by atoms with E-state index in [9.17, 15) is 8.42 Å². The van der Waals surface area contributed by atoms with Crippen LogP contribution in [0.25, 0.3) is 0 Å². The van der Waals surface area contributed by atoms with Gasteiger partial charge >= 0.3 is 0 Å². The third kappa shape index (κ3) is 5.46. The molecule has 2 aromatic rings. The molecule has 2 rings (SSSR count). The Hall–Kier alpha value is -1.56. The second kappa shape index (κ2) is 7.77. The van der Waals surface area contributed by atoms with Crippen LogP contribution in [0.15, 0.2) is 47.4 Å². The predicted octanol–water partition coefficient (Wildman–Crippen LogP) is 4.30. The van der Waals surface area contributed by atoms with E-state index in [-0.39, 0.29) is 23.5 Å². The van der Waals surface area contributed by atoms with Crippen LogP contribution >= 0.6 is 11.6 Å². The third-order valence-electron chi connectivity index (χ3n) is 3.77. The zero-order chi connectivity index (χ0) is 18.7. The van der Waals surface area contributed by atoms with Crippen molar-refractivity contribution in [3.8, 4) is 5.75 Å². The van der Waals surface area contributed by atoms with Crippen molar-refractivity contribution >= 4 is 21.6 Å². The van der Waals surface area contributed by atoms with E-state index in [1.54, 1.807) is 18.2 Å². The lowest BCUT2D eigenvalue weighted by molar-refractivity contribution is 0.323. The van der Waals surface area contributed by atoms with Gasteiger partial charge < -0.3 is 4.74 Å². The molecule has 25 heavy (non-hydrogen) atoms. The summed E-state index contributed by atoms with van der Waals surface area (Å²) in [5, 5.41) is 0.506. The Morgan fingerprint density at radius 1 is 1.08 bits per heavy atom. The number of nitrogens with one attached hydrogen (secondary N) is 1. The zero-order valence-electron chi connectivity index (χ0n) is 15.0. The molecule has 0 spiro atoms. The van der Waals surface area contributed by atoms with Crippen LogP contribution in [0.2, 0.25) is 5.02 Å². The van der Waals surface area contributed by atoms with Gasteiger partial charge in [-0.3, -0.25) is 0 Å². The van der Waals surface area contributed by atoms with Crippen LogP contribution in [0, 0.1) is 6.92 Å². The highest BCUT2D eigenvalue weighted by Gasteiger charge is 2.17. The molecule has 0 aromatic heterocycles. The minimum atomic E-state index is -3.56. The normalized spacial score (nSPS) is 12.2. The fraction of sp³-hybridized carbons (Fsp3) is 0.368. The highest BCUT2D eigenvalue weighted by molar-refractivity contribution is 7.89. The molecule has 0 radical (unpaired) electrons. The van der Waals surface area contributed by atoms with E-state index >= 15 is 0 Å². The molecule has 0 saturated heterocycles. The Labute approximate surface area is 155 Å². The lowest BCUT2D eigenvalue weighted by Crippen LogP contribution is -2.28. The first-order valence-electron chi connectivity index (χ1n) is 8.09. The first-order valence-corrected chi connectivity index (χ1v) is 9.95. The molecule has 2 aromatic carbocycles. The summed E-state index contributed by atoms with van der Waals surface area (Å²) in [4.78, 5) is 0.245. The summed E-state index contributed by atoms with van der Waals surface area (Å²) in [7, 11) is -3.56. The predicted molar refractivity (Wildman–Crippen MR) is 102 cm³/mol. The van der Waals surface area contributed by atoms with E-state index in [1.165, 1.54) is 0 Å². The highest BCUT2D eigenvalue weighted by atomic mass is 35.5. The molecular formula is C19H24ClNO3S. The van der Waals surface area contributed by atoms with Crippen LogP contribution in [0.5, 0.6) is 5.75 Å². The SMILES string of the molecule is Cc1ccc(Cl)c(OCCNS(=O)(=O)c2ccc(C(C)(C)C)cc2)c1. The van der Waals surface area contributed by atoms with Gasteiger partial charge in [-0.05, 0) is 47.7 Å². The fourth-order valence-electron chi connectivity index (χ4n) is 2.28. The van der Waals surface area contributed by atoms with Crippen LogP contribution in [0.1, 0.15) is 31.9 Å². The van der Waals surface area contributed by atoms with Crippen LogP contribution < -0.4 is 9.46 Å². The minimum absolute atomic E-state index is 0.0172. The minimum Gasteiger partial charge on any atom is -0.491 e. The molecule has 0 saturated carbocycles. The molecule has 0 unspecified atom stereocenters. The van der Waals surface area contributed by atoms with Crippen molar-refractivity contribution in [2.24, 2.45) is 0 Å². The summed E-state index contributed by atoms with van der Waals surface area (Å²) in [6.45, 7) is 8.55. The van der Waals surface area contributed by atoms with E-state index < -0.39 is 10.0 Å². The summed E-state index contributed by atoms with van der Waals surface area (Å²) in [5.74, 6) is 0.551. The maximum absolute atomic E-state index is 12.3. The smallest absolute Gasteiger partial charge is 0.240 e. The number of hydrogen-bond donors (Lipinski definition) is 1. The Morgan fingerprint density at radius 3 is 2.32 bits per heavy atom. The molecule has 136 valence electrons. The summed E-state index contributed by atoms with van der Waals surface area (Å²) in [5.41, 5.74) is 2.10. The molecule has 1 N–H and O–H groups in total. The van der Waals surface area contributed by atoms with Gasteiger partial charge in [0.25, 0.3) is 0 Å². The fourth-order valence-corrected chi connectivity index (χ4v) is 3.46. The molecule has 0 amide bonds. The van der Waals surface area contributed by atoms with Gasteiger partial charge in [-0.1, -0.05) is 50.6 Å². The molecule has 0 bridgehead atoms. The second-order valence-corrected chi connectivity index (χ2v) is 9.13. The standard InChI is InChI=1S/C19H24ClNO3S/c1-14-5-10-17(20)18(13-14)24-12-11-21-25(22,23)16-8-6-15(7-9-16)19(2,3)4/h5-10,13,21H,11-12H2,1-4H3. The lowest BCUT2D eigenvalue weighted by atomic mass is 9.87. The monoisotopic (exact) mass is 381 g/mol. The maximum Gasteiger partial charge on any atom is 0.240 e. The van der Waals surface area contributed by atoms with Crippen molar-refractivity contribution in [1.29, 1.82) is 0 Å². The van der Waals surface area contributed by atoms with E-state index in [2.05, 4.69) is 25.5 Å². The van der Waals surface area contributed by atoms with Crippen molar-refractivity contribution in [2.45, 2.75) is 38.0 Å². The van der Waals surface area contributed by atoms with Gasteiger partial charge in [0, 0.05) is 6.54 Å². The Bertz CT molecular complexity index is 825. The number of halogens is 1. The van der Waals surface area contributed by atoms with Gasteiger partial charge in [0.15, 0.2) is 0 Å². The summed E-state index contributed by atoms with van der Waals surface area (Å²) >= 11 is 6.05. The molecule has 0 heterocycles. The zero-order valence-corrected chi connectivity index (χ0v) is 16.5. The molecule has 0 atom stereocenters. The van der Waals surface area contributed by atoms with Gasteiger partial charge in [0.05, 0.1) is 9.92 Å².